The fourth-order valence-corrected chi connectivity index (χ4v) is 5.21. The predicted molar refractivity (Wildman–Crippen MR) is 117 cm³/mol. The second-order valence-corrected chi connectivity index (χ2v) is 10.1. The average Bonchev–Trinajstić information content (AvgIpc) is 3.52. The molecule has 32 heavy (non-hydrogen) atoms. The molecule has 0 atom stereocenters. The molecule has 4 aromatic rings. The lowest BCUT2D eigenvalue weighted by atomic mass is 10.2. The topological polar surface area (TPSA) is 111 Å². The zero-order chi connectivity index (χ0) is 22.3. The van der Waals surface area contributed by atoms with E-state index in [0.717, 1.165) is 4.70 Å². The molecule has 0 aliphatic carbocycles. The van der Waals surface area contributed by atoms with Crippen LogP contribution >= 0.6 is 11.3 Å². The molecule has 1 N–H and O–H groups in total. The van der Waals surface area contributed by atoms with Crippen molar-refractivity contribution in [3.05, 3.63) is 66.1 Å². The molecule has 1 amide bonds. The highest BCUT2D eigenvalue weighted by Crippen LogP contribution is 2.39. The second kappa shape index (κ2) is 7.93. The zero-order valence-electron chi connectivity index (χ0n) is 16.8. The van der Waals surface area contributed by atoms with Crippen molar-refractivity contribution in [1.29, 1.82) is 0 Å². The number of carbonyl (C=O) groups excluding carboxylic acids is 1. The smallest absolute Gasteiger partial charge is 0.257 e. The third kappa shape index (κ3) is 3.81. The Hall–Kier alpha value is -3.41. The quantitative estimate of drug-likeness (QED) is 0.456. The number of anilines is 1. The van der Waals surface area contributed by atoms with E-state index < -0.39 is 15.9 Å². The van der Waals surface area contributed by atoms with E-state index in [1.54, 1.807) is 18.2 Å². The third-order valence-corrected chi connectivity index (χ3v) is 7.64. The summed E-state index contributed by atoms with van der Waals surface area (Å²) in [5, 5.41) is 3.17. The van der Waals surface area contributed by atoms with Crippen LogP contribution in [0.1, 0.15) is 16.1 Å². The molecule has 164 valence electrons. The largest absolute Gasteiger partial charge is 0.468 e. The minimum Gasteiger partial charge on any atom is -0.468 e. The maximum absolute atomic E-state index is 12.8. The molecule has 1 aliphatic heterocycles. The number of ether oxygens (including phenoxy) is 2. The van der Waals surface area contributed by atoms with Crippen LogP contribution in [0.4, 0.5) is 5.13 Å². The van der Waals surface area contributed by atoms with Gasteiger partial charge in [-0.2, -0.15) is 4.31 Å². The van der Waals surface area contributed by atoms with Crippen molar-refractivity contribution >= 4 is 42.6 Å². The van der Waals surface area contributed by atoms with Crippen molar-refractivity contribution < 1.29 is 27.1 Å². The number of sulfonamides is 1. The van der Waals surface area contributed by atoms with Crippen molar-refractivity contribution in [2.24, 2.45) is 0 Å². The highest BCUT2D eigenvalue weighted by Gasteiger charge is 2.22. The van der Waals surface area contributed by atoms with E-state index in [0.29, 0.717) is 33.5 Å². The minimum atomic E-state index is -3.73. The van der Waals surface area contributed by atoms with Crippen LogP contribution in [0.15, 0.2) is 64.1 Å². The summed E-state index contributed by atoms with van der Waals surface area (Å²) in [5.41, 5.74) is 1.00. The van der Waals surface area contributed by atoms with Gasteiger partial charge in [0.1, 0.15) is 5.76 Å². The number of nitrogens with one attached hydrogen (secondary N) is 1. The van der Waals surface area contributed by atoms with Gasteiger partial charge in [-0.25, -0.2) is 13.4 Å². The maximum atomic E-state index is 12.8. The summed E-state index contributed by atoms with van der Waals surface area (Å²) in [6.07, 6.45) is 1.49. The highest BCUT2D eigenvalue weighted by molar-refractivity contribution is 7.89. The molecule has 0 spiro atoms. The first-order valence-corrected chi connectivity index (χ1v) is 11.8. The fraction of sp³-hybridized carbons (Fsp3) is 0.143. The fourth-order valence-electron chi connectivity index (χ4n) is 3.21. The molecule has 2 aromatic heterocycles. The molecule has 0 bridgehead atoms. The first kappa shape index (κ1) is 20.5. The molecule has 0 radical (unpaired) electrons. The van der Waals surface area contributed by atoms with Crippen LogP contribution in [-0.4, -0.2) is 37.5 Å². The first-order valence-electron chi connectivity index (χ1n) is 9.50. The Kier molecular flexibility index (Phi) is 5.08. The number of fused-ring (bicyclic) bond motifs is 2. The Morgan fingerprint density at radius 1 is 1.16 bits per heavy atom. The molecule has 1 aliphatic rings. The minimum absolute atomic E-state index is 0.0811. The second-order valence-electron chi connectivity index (χ2n) is 7.01. The number of amides is 1. The van der Waals surface area contributed by atoms with E-state index in [2.05, 4.69) is 10.3 Å². The summed E-state index contributed by atoms with van der Waals surface area (Å²) in [6, 6.07) is 12.7. The van der Waals surface area contributed by atoms with Crippen LogP contribution in [0.5, 0.6) is 11.5 Å². The lowest BCUT2D eigenvalue weighted by Gasteiger charge is -2.16. The molecule has 0 unspecified atom stereocenters. The zero-order valence-corrected chi connectivity index (χ0v) is 18.4. The van der Waals surface area contributed by atoms with E-state index in [-0.39, 0.29) is 18.2 Å². The Morgan fingerprint density at radius 2 is 1.91 bits per heavy atom. The Labute approximate surface area is 187 Å². The summed E-state index contributed by atoms with van der Waals surface area (Å²) in [6.45, 7) is 0.287. The van der Waals surface area contributed by atoms with Gasteiger partial charge in [0, 0.05) is 24.7 Å². The summed E-state index contributed by atoms with van der Waals surface area (Å²) in [4.78, 5) is 17.1. The van der Waals surface area contributed by atoms with Gasteiger partial charge < -0.3 is 13.9 Å². The van der Waals surface area contributed by atoms with Crippen LogP contribution in [0.25, 0.3) is 10.2 Å². The molecule has 3 heterocycles. The number of benzene rings is 2. The van der Waals surface area contributed by atoms with E-state index in [9.17, 15) is 13.2 Å². The predicted octanol–water partition coefficient (Wildman–Crippen LogP) is 3.69. The van der Waals surface area contributed by atoms with Crippen molar-refractivity contribution in [3.8, 4) is 11.5 Å². The van der Waals surface area contributed by atoms with Crippen LogP contribution in [0, 0.1) is 0 Å². The van der Waals surface area contributed by atoms with E-state index in [1.807, 2.05) is 6.07 Å². The Balaban J connectivity index is 1.30. The molecule has 0 saturated heterocycles. The molecule has 11 heteroatoms. The number of carbonyl (C=O) groups is 1. The van der Waals surface area contributed by atoms with E-state index in [4.69, 9.17) is 13.9 Å². The number of hydrogen-bond acceptors (Lipinski definition) is 8. The maximum Gasteiger partial charge on any atom is 0.257 e. The summed E-state index contributed by atoms with van der Waals surface area (Å²) >= 11 is 1.31. The van der Waals surface area contributed by atoms with Gasteiger partial charge in [0.05, 0.1) is 27.9 Å². The molecule has 9 nitrogen and oxygen atoms in total. The van der Waals surface area contributed by atoms with Crippen molar-refractivity contribution in [2.45, 2.75) is 11.4 Å². The van der Waals surface area contributed by atoms with Gasteiger partial charge >= 0.3 is 0 Å². The third-order valence-electron chi connectivity index (χ3n) is 4.89. The molecule has 0 saturated carbocycles. The summed E-state index contributed by atoms with van der Waals surface area (Å²) in [7, 11) is -2.26. The monoisotopic (exact) mass is 471 g/mol. The summed E-state index contributed by atoms with van der Waals surface area (Å²) < 4.78 is 43.5. The van der Waals surface area contributed by atoms with Crippen LogP contribution in [0.3, 0.4) is 0 Å². The van der Waals surface area contributed by atoms with Crippen molar-refractivity contribution in [2.75, 3.05) is 19.2 Å². The normalized spacial score (nSPS) is 13.1. The SMILES string of the molecule is CN(Cc1ccco1)S(=O)(=O)c1ccc(C(=O)Nc2nc3cc4c(cc3s2)OCO4)cc1. The van der Waals surface area contributed by atoms with E-state index >= 15 is 0 Å². The highest BCUT2D eigenvalue weighted by atomic mass is 32.2. The first-order chi connectivity index (χ1) is 15.4. The van der Waals surface area contributed by atoms with Gasteiger partial charge in [-0.05, 0) is 36.4 Å². The van der Waals surface area contributed by atoms with Gasteiger partial charge in [0.15, 0.2) is 16.6 Å². The van der Waals surface area contributed by atoms with Gasteiger partial charge in [-0.1, -0.05) is 11.3 Å². The van der Waals surface area contributed by atoms with Crippen molar-refractivity contribution in [1.82, 2.24) is 9.29 Å². The lowest BCUT2D eigenvalue weighted by Crippen LogP contribution is -2.26. The number of thiazole rings is 1. The average molecular weight is 472 g/mol. The molecular weight excluding hydrogens is 454 g/mol. The molecular formula is C21H17N3O6S2. The summed E-state index contributed by atoms with van der Waals surface area (Å²) in [5.74, 6) is 1.41. The van der Waals surface area contributed by atoms with Gasteiger partial charge in [-0.15, -0.1) is 0 Å². The van der Waals surface area contributed by atoms with E-state index in [1.165, 1.54) is 53.2 Å². The van der Waals surface area contributed by atoms with Crippen LogP contribution < -0.4 is 14.8 Å². The van der Waals surface area contributed by atoms with Gasteiger partial charge in [-0.3, -0.25) is 10.1 Å². The molecule has 0 fully saturated rings. The number of nitrogens with zero attached hydrogens (tertiary/aromatic N) is 2. The number of aromatic nitrogens is 1. The van der Waals surface area contributed by atoms with Crippen LogP contribution in [-0.2, 0) is 16.6 Å². The Morgan fingerprint density at radius 3 is 2.62 bits per heavy atom. The Bertz CT molecular complexity index is 1350. The number of hydrogen-bond donors (Lipinski definition) is 1. The van der Waals surface area contributed by atoms with Crippen LogP contribution in [0.2, 0.25) is 0 Å². The molecule has 5 rings (SSSR count). The van der Waals surface area contributed by atoms with Gasteiger partial charge in [0.25, 0.3) is 5.91 Å². The lowest BCUT2D eigenvalue weighted by molar-refractivity contribution is 0.102. The van der Waals surface area contributed by atoms with Crippen molar-refractivity contribution in [3.63, 3.8) is 0 Å². The standard InChI is InChI=1S/C21H17N3O6S2/c1-24(11-14-3-2-8-28-14)32(26,27)15-6-4-13(5-7-15)20(25)23-21-22-16-9-17-18(30-12-29-17)10-19(16)31-21/h2-10H,11-12H2,1H3,(H,22,23,25). The molecule has 2 aromatic carbocycles. The number of rotatable bonds is 6. The van der Waals surface area contributed by atoms with Gasteiger partial charge in [0.2, 0.25) is 16.8 Å². The number of furan rings is 1.